The topological polar surface area (TPSA) is 54.2 Å². The van der Waals surface area contributed by atoms with Crippen LogP contribution in [0, 0.1) is 0 Å². The summed E-state index contributed by atoms with van der Waals surface area (Å²) in [7, 11) is 0. The highest BCUT2D eigenvalue weighted by atomic mass is 79.9. The first kappa shape index (κ1) is 35.1. The van der Waals surface area contributed by atoms with Gasteiger partial charge in [-0.2, -0.15) is 4.57 Å². The molecule has 0 saturated carbocycles. The van der Waals surface area contributed by atoms with E-state index < -0.39 is 0 Å². The molecule has 226 valence electrons. The number of anilines is 2. The molecule has 0 aliphatic carbocycles. The van der Waals surface area contributed by atoms with Crippen molar-refractivity contribution in [1.29, 1.82) is 0 Å². The van der Waals surface area contributed by atoms with E-state index in [0.29, 0.717) is 23.1 Å². The average Bonchev–Trinajstić information content (AvgIpc) is 3.46. The fraction of sp³-hybridized carbons (Fsp3) is 0.515. The minimum atomic E-state index is -0.313. The van der Waals surface area contributed by atoms with Crippen molar-refractivity contribution in [3.63, 3.8) is 0 Å². The second-order valence-corrected chi connectivity index (χ2v) is 11.7. The van der Waals surface area contributed by atoms with E-state index in [1.165, 1.54) is 89.0 Å². The molecular weight excluding hydrogens is 618 g/mol. The number of thiazole rings is 1. The minimum Gasteiger partial charge on any atom is -1.00 e. The van der Waals surface area contributed by atoms with Crippen LogP contribution in [0.3, 0.4) is 0 Å². The van der Waals surface area contributed by atoms with Gasteiger partial charge in [-0.05, 0) is 36.8 Å². The van der Waals surface area contributed by atoms with Gasteiger partial charge in [0.2, 0.25) is 5.51 Å². The van der Waals surface area contributed by atoms with E-state index in [4.69, 9.17) is 16.3 Å². The molecule has 2 aromatic carbocycles. The van der Waals surface area contributed by atoms with Gasteiger partial charge < -0.3 is 32.4 Å². The Morgan fingerprint density at radius 1 is 0.805 bits per heavy atom. The van der Waals surface area contributed by atoms with E-state index in [-0.39, 0.29) is 23.0 Å². The maximum Gasteiger partial charge on any atom is 0.323 e. The summed E-state index contributed by atoms with van der Waals surface area (Å²) in [6, 6.07) is 12.9. The Balaban J connectivity index is 0.00000588. The number of unbranched alkanes of at least 4 members (excludes halogenated alkanes) is 13. The number of ether oxygens (including phenoxy) is 1. The van der Waals surface area contributed by atoms with Crippen LogP contribution in [0.4, 0.5) is 16.2 Å². The van der Waals surface area contributed by atoms with Crippen LogP contribution in [-0.2, 0) is 6.54 Å². The van der Waals surface area contributed by atoms with Crippen molar-refractivity contribution in [2.75, 3.05) is 17.2 Å². The molecule has 8 heteroatoms. The smallest absolute Gasteiger partial charge is 0.323 e. The number of hydrogen-bond donors (Lipinski definition) is 2. The zero-order valence-electron chi connectivity index (χ0n) is 24.5. The van der Waals surface area contributed by atoms with Crippen molar-refractivity contribution in [2.24, 2.45) is 0 Å². The summed E-state index contributed by atoms with van der Waals surface area (Å²) in [5.41, 5.74) is 4.60. The van der Waals surface area contributed by atoms with Gasteiger partial charge in [0.15, 0.2) is 12.7 Å². The molecule has 0 aliphatic rings. The molecule has 5 nitrogen and oxygen atoms in total. The number of benzene rings is 2. The monoisotopic (exact) mass is 663 g/mol. The molecule has 1 aromatic heterocycles. The zero-order valence-corrected chi connectivity index (χ0v) is 27.7. The van der Waals surface area contributed by atoms with Gasteiger partial charge in [-0.25, -0.2) is 4.79 Å². The van der Waals surface area contributed by atoms with Crippen molar-refractivity contribution < 1.29 is 31.1 Å². The largest absolute Gasteiger partial charge is 1.00 e. The number of aromatic nitrogens is 1. The maximum atomic E-state index is 12.4. The summed E-state index contributed by atoms with van der Waals surface area (Å²) < 4.78 is 8.01. The van der Waals surface area contributed by atoms with E-state index >= 15 is 0 Å². The molecule has 0 bridgehead atoms. The number of hydrogen-bond acceptors (Lipinski definition) is 3. The van der Waals surface area contributed by atoms with Crippen molar-refractivity contribution in [2.45, 2.75) is 103 Å². The molecule has 41 heavy (non-hydrogen) atoms. The molecule has 2 amide bonds. The van der Waals surface area contributed by atoms with Crippen molar-refractivity contribution in [1.82, 2.24) is 0 Å². The molecule has 0 radical (unpaired) electrons. The van der Waals surface area contributed by atoms with E-state index in [1.807, 2.05) is 48.0 Å². The zero-order chi connectivity index (χ0) is 28.3. The second-order valence-electron chi connectivity index (χ2n) is 10.6. The number of carbonyl (C=O) groups excluding carboxylic acids is 1. The maximum absolute atomic E-state index is 12.4. The van der Waals surface area contributed by atoms with Crippen LogP contribution in [0.25, 0.3) is 0 Å². The van der Waals surface area contributed by atoms with Crippen LogP contribution in [0.1, 0.15) is 102 Å². The van der Waals surface area contributed by atoms with Crippen molar-refractivity contribution >= 4 is 40.3 Å². The second kappa shape index (κ2) is 21.6. The van der Waals surface area contributed by atoms with Crippen LogP contribution in [0.2, 0.25) is 5.02 Å². The minimum absolute atomic E-state index is 0. The van der Waals surface area contributed by atoms with Gasteiger partial charge in [0.25, 0.3) is 0 Å². The lowest BCUT2D eigenvalue weighted by Crippen LogP contribution is -3.00. The van der Waals surface area contributed by atoms with E-state index in [1.54, 1.807) is 17.4 Å². The lowest BCUT2D eigenvalue weighted by molar-refractivity contribution is -0.683. The van der Waals surface area contributed by atoms with E-state index in [0.717, 1.165) is 18.7 Å². The van der Waals surface area contributed by atoms with Gasteiger partial charge >= 0.3 is 6.03 Å². The van der Waals surface area contributed by atoms with E-state index in [9.17, 15) is 4.79 Å². The lowest BCUT2D eigenvalue weighted by atomic mass is 10.0. The Morgan fingerprint density at radius 2 is 1.37 bits per heavy atom. The highest BCUT2D eigenvalue weighted by molar-refractivity contribution is 7.07. The summed E-state index contributed by atoms with van der Waals surface area (Å²) >= 11 is 8.08. The summed E-state index contributed by atoms with van der Waals surface area (Å²) in [5.74, 6) is 0.654. The molecule has 3 aromatic rings. The van der Waals surface area contributed by atoms with E-state index in [2.05, 4.69) is 27.6 Å². The van der Waals surface area contributed by atoms with Crippen molar-refractivity contribution in [3.8, 4) is 5.75 Å². The van der Waals surface area contributed by atoms with Crippen LogP contribution in [-0.4, -0.2) is 12.6 Å². The third-order valence-corrected chi connectivity index (χ3v) is 8.02. The molecule has 0 saturated heterocycles. The molecule has 3 rings (SSSR count). The predicted molar refractivity (Wildman–Crippen MR) is 170 cm³/mol. The molecule has 0 unspecified atom stereocenters. The molecule has 0 fully saturated rings. The van der Waals surface area contributed by atoms with Gasteiger partial charge in [-0.15, -0.1) is 0 Å². The first-order valence-electron chi connectivity index (χ1n) is 15.1. The van der Waals surface area contributed by atoms with Gasteiger partial charge in [-0.1, -0.05) is 125 Å². The van der Waals surface area contributed by atoms with Gasteiger partial charge in [0, 0.05) is 16.9 Å². The van der Waals surface area contributed by atoms with Crippen LogP contribution in [0.15, 0.2) is 59.6 Å². The summed E-state index contributed by atoms with van der Waals surface area (Å²) in [6.07, 6.45) is 20.8. The number of rotatable bonds is 20. The number of carbonyl (C=O) groups is 1. The van der Waals surface area contributed by atoms with Gasteiger partial charge in [0.1, 0.15) is 5.75 Å². The van der Waals surface area contributed by atoms with Crippen LogP contribution >= 0.6 is 22.9 Å². The Morgan fingerprint density at radius 3 is 1.93 bits per heavy atom. The Bertz CT molecular complexity index is 1100. The Labute approximate surface area is 266 Å². The first-order valence-corrected chi connectivity index (χ1v) is 16.5. The highest BCUT2D eigenvalue weighted by Crippen LogP contribution is 2.28. The quantitative estimate of drug-likeness (QED) is 0.0988. The third kappa shape index (κ3) is 15.1. The fourth-order valence-corrected chi connectivity index (χ4v) is 5.56. The number of halogens is 2. The van der Waals surface area contributed by atoms with Gasteiger partial charge in [0.05, 0.1) is 17.0 Å². The highest BCUT2D eigenvalue weighted by Gasteiger charge is 2.08. The predicted octanol–water partition coefficient (Wildman–Crippen LogP) is 7.25. The summed E-state index contributed by atoms with van der Waals surface area (Å²) in [5, 5.41) is 8.25. The molecule has 2 N–H and O–H groups in total. The normalized spacial score (nSPS) is 10.7. The average molecular weight is 665 g/mol. The molecule has 1 heterocycles. The lowest BCUT2D eigenvalue weighted by Gasteiger charge is -2.11. The Kier molecular flexibility index (Phi) is 18.5. The summed E-state index contributed by atoms with van der Waals surface area (Å²) in [6.45, 7) is 3.74. The number of nitrogens with one attached hydrogen (secondary N) is 2. The van der Waals surface area contributed by atoms with Crippen LogP contribution in [0.5, 0.6) is 5.75 Å². The number of urea groups is 1. The van der Waals surface area contributed by atoms with Crippen LogP contribution < -0.4 is 36.9 Å². The standard InChI is InChI=1S/C33H46ClN3O2S.BrH/c1-2-3-4-5-6-7-8-9-10-11-12-13-14-15-23-39-32-21-20-30(25-31(32)34)36-33(38)35-29-18-16-28(17-19-29)26-37-22-24-40-27-37;/h16-22,24-25,27H,2-15,23,26H2,1H3,(H-,35,36,38);1H. The van der Waals surface area contributed by atoms with Gasteiger partial charge in [-0.3, -0.25) is 0 Å². The Hall–Kier alpha value is -2.09. The fourth-order valence-electron chi connectivity index (χ4n) is 4.72. The first-order chi connectivity index (χ1) is 19.6. The number of amides is 2. The molecule has 0 atom stereocenters. The molecule has 0 aliphatic heterocycles. The number of nitrogens with zero attached hydrogens (tertiary/aromatic N) is 1. The summed E-state index contributed by atoms with van der Waals surface area (Å²) in [4.78, 5) is 12.4. The molecule has 0 spiro atoms. The SMILES string of the molecule is CCCCCCCCCCCCCCCCOc1ccc(NC(=O)Nc2ccc(C[n+]3ccsc3)cc2)cc1Cl.[Br-]. The van der Waals surface area contributed by atoms with Crippen molar-refractivity contribution in [3.05, 3.63) is 70.1 Å². The molecular formula is C33H47BrClN3O2S. The third-order valence-electron chi connectivity index (χ3n) is 7.05.